The molecule has 0 radical (unpaired) electrons. The van der Waals surface area contributed by atoms with E-state index < -0.39 is 5.97 Å². The van der Waals surface area contributed by atoms with Crippen molar-refractivity contribution < 1.29 is 15.0 Å². The minimum Gasteiger partial charge on any atom is -0.508 e. The van der Waals surface area contributed by atoms with Crippen LogP contribution in [0, 0.1) is 6.92 Å². The van der Waals surface area contributed by atoms with Crippen LogP contribution in [0.15, 0.2) is 36.4 Å². The fraction of sp³-hybridized carbons (Fsp3) is 0.250. The zero-order valence-electron chi connectivity index (χ0n) is 12.1. The second kappa shape index (κ2) is 6.26. The van der Waals surface area contributed by atoms with Crippen molar-refractivity contribution in [1.29, 1.82) is 0 Å². The Morgan fingerprint density at radius 2 is 2.05 bits per heavy atom. The molecule has 2 N–H and O–H groups in total. The number of phenols is 1. The van der Waals surface area contributed by atoms with Gasteiger partial charge in [-0.1, -0.05) is 12.1 Å². The summed E-state index contributed by atoms with van der Waals surface area (Å²) in [5.41, 5.74) is 2.68. The summed E-state index contributed by atoms with van der Waals surface area (Å²) in [6.07, 6.45) is 0. The van der Waals surface area contributed by atoms with Crippen LogP contribution in [0.1, 0.15) is 28.7 Å². The van der Waals surface area contributed by atoms with Gasteiger partial charge in [-0.25, -0.2) is 9.78 Å². The van der Waals surface area contributed by atoms with Crippen LogP contribution >= 0.6 is 0 Å². The SMILES string of the molecule is CCN(Cc1cccc(C(=O)O)n1)c1cc(O)ccc1C. The molecule has 0 aliphatic carbocycles. The predicted molar refractivity (Wildman–Crippen MR) is 80.8 cm³/mol. The van der Waals surface area contributed by atoms with Gasteiger partial charge in [-0.05, 0) is 37.6 Å². The van der Waals surface area contributed by atoms with E-state index in [0.29, 0.717) is 12.2 Å². The van der Waals surface area contributed by atoms with Crippen LogP contribution in [-0.2, 0) is 6.54 Å². The summed E-state index contributed by atoms with van der Waals surface area (Å²) >= 11 is 0. The van der Waals surface area contributed by atoms with Crippen molar-refractivity contribution in [1.82, 2.24) is 4.98 Å². The Kier molecular flexibility index (Phi) is 4.42. The van der Waals surface area contributed by atoms with E-state index in [2.05, 4.69) is 4.98 Å². The second-order valence-corrected chi connectivity index (χ2v) is 4.80. The largest absolute Gasteiger partial charge is 0.508 e. The Balaban J connectivity index is 2.29. The van der Waals surface area contributed by atoms with E-state index in [1.54, 1.807) is 24.3 Å². The zero-order chi connectivity index (χ0) is 15.4. The lowest BCUT2D eigenvalue weighted by Gasteiger charge is -2.24. The van der Waals surface area contributed by atoms with Crippen molar-refractivity contribution in [2.24, 2.45) is 0 Å². The lowest BCUT2D eigenvalue weighted by atomic mass is 10.1. The Morgan fingerprint density at radius 1 is 1.29 bits per heavy atom. The minimum absolute atomic E-state index is 0.0381. The molecular formula is C16H18N2O3. The van der Waals surface area contributed by atoms with Crippen LogP contribution in [0.4, 0.5) is 5.69 Å². The molecule has 5 heteroatoms. The van der Waals surface area contributed by atoms with Gasteiger partial charge in [-0.2, -0.15) is 0 Å². The molecule has 0 saturated carbocycles. The number of carboxylic acids is 1. The van der Waals surface area contributed by atoms with Crippen molar-refractivity contribution in [3.63, 3.8) is 0 Å². The molecule has 0 aliphatic heterocycles. The zero-order valence-corrected chi connectivity index (χ0v) is 12.1. The Bertz CT molecular complexity index is 656. The second-order valence-electron chi connectivity index (χ2n) is 4.80. The highest BCUT2D eigenvalue weighted by molar-refractivity contribution is 5.85. The highest BCUT2D eigenvalue weighted by atomic mass is 16.4. The average Bonchev–Trinajstić information content (AvgIpc) is 2.47. The average molecular weight is 286 g/mol. The first kappa shape index (κ1) is 14.8. The number of aromatic carboxylic acids is 1. The molecule has 0 bridgehead atoms. The predicted octanol–water partition coefficient (Wildman–Crippen LogP) is 2.82. The molecule has 0 saturated heterocycles. The van der Waals surface area contributed by atoms with E-state index in [4.69, 9.17) is 5.11 Å². The number of carbonyl (C=O) groups is 1. The van der Waals surface area contributed by atoms with E-state index in [1.807, 2.05) is 24.8 Å². The van der Waals surface area contributed by atoms with Gasteiger partial charge in [0.25, 0.3) is 0 Å². The number of hydrogen-bond donors (Lipinski definition) is 2. The maximum absolute atomic E-state index is 11.0. The quantitative estimate of drug-likeness (QED) is 0.884. The molecule has 5 nitrogen and oxygen atoms in total. The van der Waals surface area contributed by atoms with Gasteiger partial charge in [0.05, 0.1) is 12.2 Å². The van der Waals surface area contributed by atoms with Crippen LogP contribution in [0.3, 0.4) is 0 Å². The Hall–Kier alpha value is -2.56. The van der Waals surface area contributed by atoms with E-state index in [9.17, 15) is 9.90 Å². The number of aromatic hydroxyl groups is 1. The van der Waals surface area contributed by atoms with Crippen LogP contribution < -0.4 is 4.90 Å². The first-order valence-electron chi connectivity index (χ1n) is 6.75. The third kappa shape index (κ3) is 3.51. The van der Waals surface area contributed by atoms with E-state index >= 15 is 0 Å². The maximum Gasteiger partial charge on any atom is 0.354 e. The van der Waals surface area contributed by atoms with E-state index in [-0.39, 0.29) is 11.4 Å². The number of phenolic OH excluding ortho intramolecular Hbond substituents is 1. The number of benzene rings is 1. The van der Waals surface area contributed by atoms with Crippen molar-refractivity contribution in [3.05, 3.63) is 53.3 Å². The first-order chi connectivity index (χ1) is 10.0. The smallest absolute Gasteiger partial charge is 0.354 e. The molecule has 0 amide bonds. The fourth-order valence-corrected chi connectivity index (χ4v) is 2.19. The molecule has 21 heavy (non-hydrogen) atoms. The fourth-order valence-electron chi connectivity index (χ4n) is 2.19. The highest BCUT2D eigenvalue weighted by Gasteiger charge is 2.11. The summed E-state index contributed by atoms with van der Waals surface area (Å²) in [5, 5.41) is 18.6. The summed E-state index contributed by atoms with van der Waals surface area (Å²) in [6, 6.07) is 10.2. The minimum atomic E-state index is -1.03. The molecule has 0 atom stereocenters. The first-order valence-corrected chi connectivity index (χ1v) is 6.75. The summed E-state index contributed by atoms with van der Waals surface area (Å²) in [4.78, 5) is 17.1. The van der Waals surface area contributed by atoms with E-state index in [1.165, 1.54) is 6.07 Å². The van der Waals surface area contributed by atoms with Gasteiger partial charge in [0, 0.05) is 18.3 Å². The molecule has 0 fully saturated rings. The van der Waals surface area contributed by atoms with Crippen molar-refractivity contribution in [2.75, 3.05) is 11.4 Å². The number of carboxylic acid groups (broad SMARTS) is 1. The molecule has 2 aromatic rings. The van der Waals surface area contributed by atoms with Crippen LogP contribution in [-0.4, -0.2) is 27.7 Å². The molecule has 2 rings (SSSR count). The highest BCUT2D eigenvalue weighted by Crippen LogP contribution is 2.26. The number of anilines is 1. The van der Waals surface area contributed by atoms with Gasteiger partial charge in [0.15, 0.2) is 0 Å². The van der Waals surface area contributed by atoms with Gasteiger partial charge in [0.2, 0.25) is 0 Å². The van der Waals surface area contributed by atoms with Gasteiger partial charge >= 0.3 is 5.97 Å². The van der Waals surface area contributed by atoms with Gasteiger partial charge < -0.3 is 15.1 Å². The lowest BCUT2D eigenvalue weighted by Crippen LogP contribution is -2.23. The van der Waals surface area contributed by atoms with Gasteiger partial charge in [0.1, 0.15) is 11.4 Å². The van der Waals surface area contributed by atoms with Crippen molar-refractivity contribution in [2.45, 2.75) is 20.4 Å². The maximum atomic E-state index is 11.0. The number of aromatic nitrogens is 1. The summed E-state index contributed by atoms with van der Waals surface area (Å²) in [6.45, 7) is 5.19. The number of nitrogens with zero attached hydrogens (tertiary/aromatic N) is 2. The Labute approximate surface area is 123 Å². The standard InChI is InChI=1S/C16H18N2O3/c1-3-18(15-9-13(19)8-7-11(15)2)10-12-5-4-6-14(17-12)16(20)21/h4-9,19H,3,10H2,1-2H3,(H,20,21). The molecular weight excluding hydrogens is 268 g/mol. The lowest BCUT2D eigenvalue weighted by molar-refractivity contribution is 0.0690. The van der Waals surface area contributed by atoms with Gasteiger partial charge in [-0.15, -0.1) is 0 Å². The topological polar surface area (TPSA) is 73.7 Å². The number of rotatable bonds is 5. The van der Waals surface area contributed by atoms with Crippen LogP contribution in [0.5, 0.6) is 5.75 Å². The Morgan fingerprint density at radius 3 is 2.71 bits per heavy atom. The molecule has 1 heterocycles. The van der Waals surface area contributed by atoms with Crippen LogP contribution in [0.2, 0.25) is 0 Å². The molecule has 1 aromatic carbocycles. The number of aryl methyl sites for hydroxylation is 1. The molecule has 0 unspecified atom stereocenters. The number of hydrogen-bond acceptors (Lipinski definition) is 4. The van der Waals surface area contributed by atoms with Gasteiger partial charge in [-0.3, -0.25) is 0 Å². The molecule has 110 valence electrons. The monoisotopic (exact) mass is 286 g/mol. The van der Waals surface area contributed by atoms with Crippen molar-refractivity contribution in [3.8, 4) is 5.75 Å². The summed E-state index contributed by atoms with van der Waals surface area (Å²) in [7, 11) is 0. The number of pyridine rings is 1. The molecule has 1 aromatic heterocycles. The van der Waals surface area contributed by atoms with E-state index in [0.717, 1.165) is 17.8 Å². The summed E-state index contributed by atoms with van der Waals surface area (Å²) < 4.78 is 0. The molecule has 0 spiro atoms. The van der Waals surface area contributed by atoms with Crippen molar-refractivity contribution >= 4 is 11.7 Å². The normalized spacial score (nSPS) is 10.4. The molecule has 0 aliphatic rings. The third-order valence-electron chi connectivity index (χ3n) is 3.29. The van der Waals surface area contributed by atoms with Crippen LogP contribution in [0.25, 0.3) is 0 Å². The summed E-state index contributed by atoms with van der Waals surface area (Å²) in [5.74, 6) is -0.824. The third-order valence-corrected chi connectivity index (χ3v) is 3.29.